The third kappa shape index (κ3) is 5.47. The summed E-state index contributed by atoms with van der Waals surface area (Å²) < 4.78 is 1.33. The Balaban J connectivity index is 1.86. The topological polar surface area (TPSA) is 121 Å². The molecule has 0 spiro atoms. The molecule has 0 bridgehead atoms. The van der Waals surface area contributed by atoms with Gasteiger partial charge < -0.3 is 25.4 Å². The van der Waals surface area contributed by atoms with Gasteiger partial charge in [-0.25, -0.2) is 4.79 Å². The molecule has 1 atom stereocenters. The fourth-order valence-corrected chi connectivity index (χ4v) is 3.45. The lowest BCUT2D eigenvalue weighted by atomic mass is 10.0. The summed E-state index contributed by atoms with van der Waals surface area (Å²) in [4.78, 5) is 36.8. The van der Waals surface area contributed by atoms with Crippen molar-refractivity contribution in [2.24, 2.45) is 0 Å². The van der Waals surface area contributed by atoms with Crippen molar-refractivity contribution in [2.75, 3.05) is 5.32 Å². The number of carboxylic acids is 1. The van der Waals surface area contributed by atoms with Gasteiger partial charge in [0.1, 0.15) is 5.75 Å². The number of aryl methyl sites for hydroxylation is 1. The molecule has 0 saturated heterocycles. The lowest BCUT2D eigenvalue weighted by Gasteiger charge is -2.19. The van der Waals surface area contributed by atoms with Crippen LogP contribution in [0.4, 0.5) is 10.5 Å². The molecule has 0 fully saturated rings. The van der Waals surface area contributed by atoms with Crippen LogP contribution >= 0.6 is 11.6 Å². The molecule has 0 aliphatic rings. The van der Waals surface area contributed by atoms with Crippen molar-refractivity contribution in [2.45, 2.75) is 25.9 Å². The number of carboxylic acid groups (broad SMARTS) is 1. The van der Waals surface area contributed by atoms with Gasteiger partial charge in [-0.3, -0.25) is 9.59 Å². The summed E-state index contributed by atoms with van der Waals surface area (Å²) in [6, 6.07) is 14.0. The number of nitrogens with one attached hydrogen (secondary N) is 2. The number of urea groups is 1. The number of halogens is 1. The minimum Gasteiger partial charge on any atom is -0.505 e. The summed E-state index contributed by atoms with van der Waals surface area (Å²) in [7, 11) is 0. The molecule has 0 radical (unpaired) electrons. The highest BCUT2D eigenvalue weighted by molar-refractivity contribution is 6.31. The van der Waals surface area contributed by atoms with Crippen molar-refractivity contribution >= 4 is 29.3 Å². The van der Waals surface area contributed by atoms with E-state index >= 15 is 0 Å². The van der Waals surface area contributed by atoms with Crippen molar-refractivity contribution < 1.29 is 19.8 Å². The minimum atomic E-state index is -1.10. The number of pyridine rings is 1. The summed E-state index contributed by atoms with van der Waals surface area (Å²) in [6.45, 7) is 1.74. The summed E-state index contributed by atoms with van der Waals surface area (Å²) in [6.07, 6.45) is 1.12. The molecule has 2 amide bonds. The number of carbonyl (C=O) groups excluding carboxylic acids is 1. The zero-order valence-corrected chi connectivity index (χ0v) is 18.0. The Labute approximate surface area is 189 Å². The van der Waals surface area contributed by atoms with Crippen LogP contribution in [0.2, 0.25) is 5.02 Å². The lowest BCUT2D eigenvalue weighted by Crippen LogP contribution is -2.36. The van der Waals surface area contributed by atoms with Gasteiger partial charge in [-0.05, 0) is 24.1 Å². The van der Waals surface area contributed by atoms with E-state index in [1.165, 1.54) is 10.8 Å². The third-order valence-corrected chi connectivity index (χ3v) is 5.23. The SMILES string of the molecule is Cc1cn(Cc2ccccc2Cl)c(=O)c(NC(=O)N[C@@H](CC(=O)O)c2ccccc2)c1O. The van der Waals surface area contributed by atoms with Crippen molar-refractivity contribution in [1.29, 1.82) is 0 Å². The van der Waals surface area contributed by atoms with E-state index in [0.717, 1.165) is 0 Å². The zero-order chi connectivity index (χ0) is 23.3. The van der Waals surface area contributed by atoms with E-state index in [1.807, 2.05) is 0 Å². The normalized spacial score (nSPS) is 11.6. The van der Waals surface area contributed by atoms with E-state index in [2.05, 4.69) is 10.6 Å². The quantitative estimate of drug-likeness (QED) is 0.430. The van der Waals surface area contributed by atoms with E-state index in [9.17, 15) is 24.6 Å². The predicted molar refractivity (Wildman–Crippen MR) is 121 cm³/mol. The Bertz CT molecular complexity index is 1190. The van der Waals surface area contributed by atoms with Gasteiger partial charge in [-0.2, -0.15) is 0 Å². The van der Waals surface area contributed by atoms with Gasteiger partial charge in [0.25, 0.3) is 5.56 Å². The van der Waals surface area contributed by atoms with Crippen molar-refractivity contribution in [3.8, 4) is 5.75 Å². The number of aromatic hydroxyl groups is 1. The van der Waals surface area contributed by atoms with Crippen LogP contribution in [0.5, 0.6) is 5.75 Å². The molecule has 1 heterocycles. The molecule has 3 aromatic rings. The van der Waals surface area contributed by atoms with Crippen LogP contribution in [0, 0.1) is 6.92 Å². The first kappa shape index (κ1) is 22.9. The van der Waals surface area contributed by atoms with E-state index in [0.29, 0.717) is 21.7 Å². The van der Waals surface area contributed by atoms with Gasteiger partial charge >= 0.3 is 12.0 Å². The molecule has 0 aliphatic heterocycles. The Hall–Kier alpha value is -3.78. The number of nitrogens with zero attached hydrogens (tertiary/aromatic N) is 1. The summed E-state index contributed by atoms with van der Waals surface area (Å²) in [5.74, 6) is -1.46. The molecule has 0 unspecified atom stereocenters. The number of benzene rings is 2. The first-order valence-electron chi connectivity index (χ1n) is 9.77. The van der Waals surface area contributed by atoms with Crippen LogP contribution in [0.3, 0.4) is 0 Å². The molecule has 1 aromatic heterocycles. The Morgan fingerprint density at radius 1 is 1.09 bits per heavy atom. The van der Waals surface area contributed by atoms with Crippen LogP contribution in [0.1, 0.15) is 29.2 Å². The second-order valence-corrected chi connectivity index (χ2v) is 7.63. The molecular formula is C23H22ClN3O5. The minimum absolute atomic E-state index is 0.140. The Kier molecular flexibility index (Phi) is 7.17. The number of anilines is 1. The van der Waals surface area contributed by atoms with Crippen LogP contribution in [-0.4, -0.2) is 26.8 Å². The average molecular weight is 456 g/mol. The fraction of sp³-hybridized carbons (Fsp3) is 0.174. The van der Waals surface area contributed by atoms with E-state index < -0.39 is 23.6 Å². The molecule has 9 heteroatoms. The molecule has 166 valence electrons. The Morgan fingerprint density at radius 2 is 1.75 bits per heavy atom. The molecule has 32 heavy (non-hydrogen) atoms. The van der Waals surface area contributed by atoms with Crippen molar-refractivity contribution in [3.63, 3.8) is 0 Å². The van der Waals surface area contributed by atoms with Crippen LogP contribution in [0.15, 0.2) is 65.6 Å². The molecule has 0 saturated carbocycles. The van der Waals surface area contributed by atoms with Crippen LogP contribution in [-0.2, 0) is 11.3 Å². The largest absolute Gasteiger partial charge is 0.505 e. The summed E-state index contributed by atoms with van der Waals surface area (Å²) in [5, 5.41) is 25.0. The second kappa shape index (κ2) is 10.0. The highest BCUT2D eigenvalue weighted by Gasteiger charge is 2.21. The number of aliphatic carboxylic acids is 1. The highest BCUT2D eigenvalue weighted by atomic mass is 35.5. The molecule has 4 N–H and O–H groups in total. The summed E-state index contributed by atoms with van der Waals surface area (Å²) >= 11 is 6.19. The summed E-state index contributed by atoms with van der Waals surface area (Å²) in [5.41, 5.74) is 0.725. The monoisotopic (exact) mass is 455 g/mol. The molecule has 2 aromatic carbocycles. The van der Waals surface area contributed by atoms with Gasteiger partial charge in [0.05, 0.1) is 19.0 Å². The smallest absolute Gasteiger partial charge is 0.319 e. The fourth-order valence-electron chi connectivity index (χ4n) is 3.26. The molecule has 0 aliphatic carbocycles. The van der Waals surface area contributed by atoms with Gasteiger partial charge in [0.2, 0.25) is 0 Å². The maximum atomic E-state index is 12.9. The van der Waals surface area contributed by atoms with Gasteiger partial charge in [0, 0.05) is 16.8 Å². The maximum Gasteiger partial charge on any atom is 0.319 e. The second-order valence-electron chi connectivity index (χ2n) is 7.22. The first-order valence-corrected chi connectivity index (χ1v) is 10.1. The van der Waals surface area contributed by atoms with Crippen LogP contribution < -0.4 is 16.2 Å². The molecular weight excluding hydrogens is 434 g/mol. The highest BCUT2D eigenvalue weighted by Crippen LogP contribution is 2.25. The maximum absolute atomic E-state index is 12.9. The number of carbonyl (C=O) groups is 2. The third-order valence-electron chi connectivity index (χ3n) is 4.86. The van der Waals surface area contributed by atoms with Gasteiger partial charge in [0.15, 0.2) is 5.69 Å². The number of amides is 2. The zero-order valence-electron chi connectivity index (χ0n) is 17.2. The average Bonchev–Trinajstić information content (AvgIpc) is 2.76. The molecule has 3 rings (SSSR count). The number of aromatic nitrogens is 1. The van der Waals surface area contributed by atoms with E-state index in [1.54, 1.807) is 61.5 Å². The predicted octanol–water partition coefficient (Wildman–Crippen LogP) is 3.90. The van der Waals surface area contributed by atoms with Crippen LogP contribution in [0.25, 0.3) is 0 Å². The van der Waals surface area contributed by atoms with Gasteiger partial charge in [-0.15, -0.1) is 0 Å². The van der Waals surface area contributed by atoms with Crippen molar-refractivity contribution in [3.05, 3.63) is 92.9 Å². The number of hydrogen-bond acceptors (Lipinski definition) is 4. The van der Waals surface area contributed by atoms with Crippen molar-refractivity contribution in [1.82, 2.24) is 9.88 Å². The lowest BCUT2D eigenvalue weighted by molar-refractivity contribution is -0.137. The number of hydrogen-bond donors (Lipinski definition) is 4. The Morgan fingerprint density at radius 3 is 2.41 bits per heavy atom. The van der Waals surface area contributed by atoms with Gasteiger partial charge in [-0.1, -0.05) is 60.1 Å². The first-order chi connectivity index (χ1) is 15.3. The molecule has 8 nitrogen and oxygen atoms in total. The number of rotatable bonds is 7. The van der Waals surface area contributed by atoms with E-state index in [4.69, 9.17) is 11.6 Å². The van der Waals surface area contributed by atoms with E-state index in [-0.39, 0.29) is 24.4 Å². The standard InChI is InChI=1S/C23H22ClN3O5/c1-14-12-27(13-16-9-5-6-10-17(16)24)22(31)20(21(14)30)26-23(32)25-18(11-19(28)29)15-7-3-2-4-8-15/h2-10,12,18,30H,11,13H2,1H3,(H,28,29)(H2,25,26,32)/t18-/m0/s1.